The largest absolute Gasteiger partial charge is 0.489 e. The Morgan fingerprint density at radius 3 is 2.68 bits per heavy atom. The van der Waals surface area contributed by atoms with Crippen LogP contribution in [0, 0.1) is 11.8 Å². The number of nitrogens with zero attached hydrogens (tertiary/aromatic N) is 3. The fourth-order valence-electron chi connectivity index (χ4n) is 4.02. The average Bonchev–Trinajstić information content (AvgIpc) is 3.53. The van der Waals surface area contributed by atoms with Crippen LogP contribution in [0.15, 0.2) is 92.0 Å². The summed E-state index contributed by atoms with van der Waals surface area (Å²) in [6.07, 6.45) is 0.745. The molecule has 0 N–H and O–H groups in total. The van der Waals surface area contributed by atoms with E-state index in [2.05, 4.69) is 97.1 Å². The Hall–Kier alpha value is -3.27. The van der Waals surface area contributed by atoms with E-state index in [0.29, 0.717) is 13.2 Å². The molecule has 0 radical (unpaired) electrons. The van der Waals surface area contributed by atoms with E-state index in [1.807, 2.05) is 25.1 Å². The van der Waals surface area contributed by atoms with Crippen molar-refractivity contribution in [3.8, 4) is 28.7 Å². The summed E-state index contributed by atoms with van der Waals surface area (Å²) in [5, 5.41) is 15.2. The summed E-state index contributed by atoms with van der Waals surface area (Å²) in [7, 11) is 0. The van der Waals surface area contributed by atoms with Gasteiger partial charge in [0.15, 0.2) is 0 Å². The van der Waals surface area contributed by atoms with Crippen molar-refractivity contribution < 1.29 is 4.74 Å². The predicted octanol–water partition coefficient (Wildman–Crippen LogP) is 8.23. The van der Waals surface area contributed by atoms with Gasteiger partial charge in [0.25, 0.3) is 0 Å². The van der Waals surface area contributed by atoms with Crippen LogP contribution in [-0.4, -0.2) is 12.3 Å². The van der Waals surface area contributed by atoms with Crippen LogP contribution in [0.2, 0.25) is 0 Å². The molecule has 0 saturated carbocycles. The Labute approximate surface area is 211 Å². The first kappa shape index (κ1) is 22.5. The molecule has 2 heterocycles. The zero-order chi connectivity index (χ0) is 23.3. The molecule has 168 valence electrons. The lowest BCUT2D eigenvalue weighted by atomic mass is 9.94. The third-order valence-corrected chi connectivity index (χ3v) is 7.41. The minimum absolute atomic E-state index is 0.0815. The second kappa shape index (κ2) is 10.3. The van der Waals surface area contributed by atoms with Crippen LogP contribution in [0.5, 0.6) is 5.75 Å². The monoisotopic (exact) mass is 527 g/mol. The highest BCUT2D eigenvalue weighted by molar-refractivity contribution is 9.10. The molecule has 1 aliphatic rings. The van der Waals surface area contributed by atoms with Crippen molar-refractivity contribution in [1.29, 1.82) is 0 Å². The number of ether oxygens (including phenoxy) is 1. The minimum Gasteiger partial charge on any atom is -0.489 e. The lowest BCUT2D eigenvalue weighted by molar-refractivity contribution is 0.306. The Bertz CT molecular complexity index is 1440. The maximum atomic E-state index is 6.12. The molecule has 0 aliphatic carbocycles. The number of halogens is 1. The smallest absolute Gasteiger partial charge is 0.119 e. The number of hydrogen-bond acceptors (Lipinski definition) is 5. The summed E-state index contributed by atoms with van der Waals surface area (Å²) < 4.78 is 8.50. The maximum Gasteiger partial charge on any atom is 0.119 e. The van der Waals surface area contributed by atoms with Crippen molar-refractivity contribution >= 4 is 43.1 Å². The summed E-state index contributed by atoms with van der Waals surface area (Å²) in [5.41, 5.74) is 5.71. The number of hydrogen-bond donors (Lipinski definition) is 0. The van der Waals surface area contributed by atoms with Crippen molar-refractivity contribution in [3.63, 3.8) is 0 Å². The Morgan fingerprint density at radius 2 is 1.91 bits per heavy atom. The van der Waals surface area contributed by atoms with Gasteiger partial charge in [0, 0.05) is 26.5 Å². The third-order valence-electron chi connectivity index (χ3n) is 5.75. The first-order chi connectivity index (χ1) is 16.7. The summed E-state index contributed by atoms with van der Waals surface area (Å²) >= 11 is 5.46. The number of benzene rings is 3. The molecule has 0 bridgehead atoms. The second-order valence-electron chi connectivity index (χ2n) is 8.02. The molecule has 1 atom stereocenters. The van der Waals surface area contributed by atoms with Crippen molar-refractivity contribution in [1.82, 2.24) is 0 Å². The highest BCUT2D eigenvalue weighted by atomic mass is 79.9. The van der Waals surface area contributed by atoms with E-state index < -0.39 is 0 Å². The van der Waals surface area contributed by atoms with E-state index in [-0.39, 0.29) is 5.92 Å². The van der Waals surface area contributed by atoms with Gasteiger partial charge in [-0.3, -0.25) is 0 Å². The standard InChI is InChI=1S/C28H22BrN3OS/c1-2-5-21(15-22-16-30-32-31-22)20-9-11-23(12-10-20)33-17-19-8-13-28-25(14-19)26(18-34-28)24-6-3-4-7-27(24)29/h3-4,6-14,18,21H,15-17H2,1H3/t21-/m0/s1. The van der Waals surface area contributed by atoms with Gasteiger partial charge in [-0.1, -0.05) is 58.2 Å². The number of thiophene rings is 1. The van der Waals surface area contributed by atoms with E-state index in [1.54, 1.807) is 11.3 Å². The van der Waals surface area contributed by atoms with E-state index in [9.17, 15) is 0 Å². The van der Waals surface area contributed by atoms with Crippen molar-refractivity contribution in [3.05, 3.63) is 87.7 Å². The Morgan fingerprint density at radius 1 is 1.06 bits per heavy atom. The minimum atomic E-state index is 0.0815. The predicted molar refractivity (Wildman–Crippen MR) is 144 cm³/mol. The van der Waals surface area contributed by atoms with Crippen molar-refractivity contribution in [2.75, 3.05) is 6.54 Å². The fraction of sp³-hybridized carbons (Fsp3) is 0.179. The van der Waals surface area contributed by atoms with Crippen LogP contribution < -0.4 is 4.74 Å². The third kappa shape index (κ3) is 4.96. The Kier molecular flexibility index (Phi) is 6.84. The van der Waals surface area contributed by atoms with E-state index in [1.165, 1.54) is 21.2 Å². The summed E-state index contributed by atoms with van der Waals surface area (Å²) in [6.45, 7) is 2.95. The van der Waals surface area contributed by atoms with Gasteiger partial charge in [0.05, 0.1) is 11.6 Å². The van der Waals surface area contributed by atoms with Gasteiger partial charge >= 0.3 is 0 Å². The van der Waals surface area contributed by atoms with Gasteiger partial charge in [0.2, 0.25) is 0 Å². The lowest BCUT2D eigenvalue weighted by Gasteiger charge is -2.12. The number of fused-ring (bicyclic) bond motifs is 1. The molecule has 34 heavy (non-hydrogen) atoms. The van der Waals surface area contributed by atoms with Crippen LogP contribution in [-0.2, 0) is 6.61 Å². The first-order valence-corrected chi connectivity index (χ1v) is 12.7. The van der Waals surface area contributed by atoms with Gasteiger partial charge in [-0.15, -0.1) is 22.4 Å². The van der Waals surface area contributed by atoms with Crippen molar-refractivity contribution in [2.45, 2.75) is 25.9 Å². The van der Waals surface area contributed by atoms with Gasteiger partial charge < -0.3 is 4.74 Å². The van der Waals surface area contributed by atoms with Crippen LogP contribution in [0.1, 0.15) is 30.4 Å². The maximum absolute atomic E-state index is 6.12. The summed E-state index contributed by atoms with van der Waals surface area (Å²) in [6, 6.07) is 23.1. The van der Waals surface area contributed by atoms with Gasteiger partial charge in [-0.25, -0.2) is 0 Å². The summed E-state index contributed by atoms with van der Waals surface area (Å²) in [4.78, 5) is 0. The molecule has 6 heteroatoms. The Balaban J connectivity index is 1.30. The molecule has 3 aromatic carbocycles. The molecule has 4 aromatic rings. The molecule has 0 fully saturated rings. The topological polar surface area (TPSA) is 46.3 Å². The molecule has 1 aromatic heterocycles. The first-order valence-electron chi connectivity index (χ1n) is 11.0. The summed E-state index contributed by atoms with van der Waals surface area (Å²) in [5.74, 6) is 7.24. The molecule has 0 amide bonds. The quantitative estimate of drug-likeness (QED) is 0.223. The second-order valence-corrected chi connectivity index (χ2v) is 9.79. The van der Waals surface area contributed by atoms with Crippen LogP contribution in [0.25, 0.3) is 21.2 Å². The molecule has 4 nitrogen and oxygen atoms in total. The zero-order valence-electron chi connectivity index (χ0n) is 18.7. The molecular formula is C28H22BrN3OS. The van der Waals surface area contributed by atoms with Crippen LogP contribution >= 0.6 is 27.3 Å². The zero-order valence-corrected chi connectivity index (χ0v) is 21.1. The van der Waals surface area contributed by atoms with Gasteiger partial charge in [-0.2, -0.15) is 5.11 Å². The molecule has 0 saturated heterocycles. The van der Waals surface area contributed by atoms with Crippen LogP contribution in [0.3, 0.4) is 0 Å². The molecule has 1 aliphatic heterocycles. The van der Waals surface area contributed by atoms with E-state index in [0.717, 1.165) is 33.5 Å². The highest BCUT2D eigenvalue weighted by Gasteiger charge is 2.15. The SMILES string of the molecule is CC#C[C@@H](CC1=NN=NC1)c1ccc(OCc2ccc3scc(-c4ccccc4Br)c3c2)cc1. The fourth-order valence-corrected chi connectivity index (χ4v) is 5.46. The van der Waals surface area contributed by atoms with Crippen molar-refractivity contribution in [2.24, 2.45) is 15.4 Å². The van der Waals surface area contributed by atoms with Gasteiger partial charge in [0.1, 0.15) is 18.9 Å². The van der Waals surface area contributed by atoms with E-state index >= 15 is 0 Å². The molecule has 5 rings (SSSR count). The number of rotatable bonds is 7. The van der Waals surface area contributed by atoms with Gasteiger partial charge in [-0.05, 0) is 64.5 Å². The highest BCUT2D eigenvalue weighted by Crippen LogP contribution is 2.38. The van der Waals surface area contributed by atoms with Crippen LogP contribution in [0.4, 0.5) is 0 Å². The molecule has 0 spiro atoms. The molecular weight excluding hydrogens is 506 g/mol. The molecule has 0 unspecified atom stereocenters. The van der Waals surface area contributed by atoms with E-state index in [4.69, 9.17) is 4.74 Å². The lowest BCUT2D eigenvalue weighted by Crippen LogP contribution is -2.07. The normalized spacial score (nSPS) is 13.4. The average molecular weight is 528 g/mol.